The highest BCUT2D eigenvalue weighted by Gasteiger charge is 2.20. The molecular weight excluding hydrogens is 388 g/mol. The molecule has 4 aromatic rings. The van der Waals surface area contributed by atoms with Gasteiger partial charge in [0.05, 0.1) is 30.7 Å². The number of nitrogens with one attached hydrogen (secondary N) is 1. The Morgan fingerprint density at radius 2 is 1.90 bits per heavy atom. The standard InChI is InChI=1S/C21H20N4O3S/c1-13(20(26)22-16-10-9-15(27-2)12-18(16)28-3)29-21-24-23-19-11-8-14-6-4-5-7-17(14)25(19)21/h4-13H,1-3H3,(H,22,26). The van der Waals surface area contributed by atoms with Gasteiger partial charge in [-0.3, -0.25) is 9.20 Å². The number of para-hydroxylation sites is 1. The van der Waals surface area contributed by atoms with E-state index in [1.807, 2.05) is 47.7 Å². The quantitative estimate of drug-likeness (QED) is 0.486. The van der Waals surface area contributed by atoms with E-state index >= 15 is 0 Å². The highest BCUT2D eigenvalue weighted by atomic mass is 32.2. The van der Waals surface area contributed by atoms with Crippen LogP contribution >= 0.6 is 11.8 Å². The summed E-state index contributed by atoms with van der Waals surface area (Å²) in [7, 11) is 3.13. The van der Waals surface area contributed by atoms with Crippen LogP contribution in [0.3, 0.4) is 0 Å². The third kappa shape index (κ3) is 3.71. The van der Waals surface area contributed by atoms with Crippen molar-refractivity contribution in [2.75, 3.05) is 19.5 Å². The van der Waals surface area contributed by atoms with Crippen LogP contribution in [0.2, 0.25) is 0 Å². The van der Waals surface area contributed by atoms with E-state index in [1.165, 1.54) is 11.8 Å². The number of carbonyl (C=O) groups is 1. The van der Waals surface area contributed by atoms with E-state index in [1.54, 1.807) is 32.4 Å². The van der Waals surface area contributed by atoms with Gasteiger partial charge in [0, 0.05) is 6.07 Å². The predicted molar refractivity (Wildman–Crippen MR) is 114 cm³/mol. The summed E-state index contributed by atoms with van der Waals surface area (Å²) >= 11 is 1.35. The summed E-state index contributed by atoms with van der Waals surface area (Å²) in [6.45, 7) is 1.84. The van der Waals surface area contributed by atoms with Crippen LogP contribution in [-0.4, -0.2) is 40.0 Å². The molecule has 4 rings (SSSR count). The first-order valence-electron chi connectivity index (χ1n) is 9.03. The Morgan fingerprint density at radius 1 is 1.07 bits per heavy atom. The molecule has 7 nitrogen and oxygen atoms in total. The molecule has 0 aliphatic rings. The van der Waals surface area contributed by atoms with Gasteiger partial charge in [0.25, 0.3) is 0 Å². The fourth-order valence-electron chi connectivity index (χ4n) is 3.04. The number of aromatic nitrogens is 3. The van der Waals surface area contributed by atoms with Gasteiger partial charge in [-0.25, -0.2) is 0 Å². The van der Waals surface area contributed by atoms with Crippen LogP contribution < -0.4 is 14.8 Å². The van der Waals surface area contributed by atoms with Gasteiger partial charge in [-0.05, 0) is 42.6 Å². The summed E-state index contributed by atoms with van der Waals surface area (Å²) in [5.74, 6) is 1.04. The number of thioether (sulfide) groups is 1. The second kappa shape index (κ2) is 8.00. The molecule has 0 saturated heterocycles. The largest absolute Gasteiger partial charge is 0.497 e. The number of hydrogen-bond donors (Lipinski definition) is 1. The maximum Gasteiger partial charge on any atom is 0.237 e. The smallest absolute Gasteiger partial charge is 0.237 e. The van der Waals surface area contributed by atoms with E-state index in [4.69, 9.17) is 9.47 Å². The Kier molecular flexibility index (Phi) is 5.26. The number of rotatable bonds is 6. The maximum absolute atomic E-state index is 12.8. The minimum absolute atomic E-state index is 0.157. The number of hydrogen-bond acceptors (Lipinski definition) is 6. The molecule has 29 heavy (non-hydrogen) atoms. The van der Waals surface area contributed by atoms with Gasteiger partial charge in [0.2, 0.25) is 5.91 Å². The van der Waals surface area contributed by atoms with E-state index in [-0.39, 0.29) is 5.91 Å². The second-order valence-corrected chi connectivity index (χ2v) is 7.69. The zero-order valence-electron chi connectivity index (χ0n) is 16.2. The molecule has 1 amide bonds. The van der Waals surface area contributed by atoms with E-state index < -0.39 is 5.25 Å². The van der Waals surface area contributed by atoms with Crippen molar-refractivity contribution in [1.82, 2.24) is 14.6 Å². The molecule has 0 spiro atoms. The minimum Gasteiger partial charge on any atom is -0.497 e. The number of ether oxygens (including phenoxy) is 2. The van der Waals surface area contributed by atoms with Crippen molar-refractivity contribution >= 4 is 39.9 Å². The number of amides is 1. The normalized spacial score (nSPS) is 12.1. The van der Waals surface area contributed by atoms with E-state index in [0.717, 1.165) is 16.6 Å². The summed E-state index contributed by atoms with van der Waals surface area (Å²) < 4.78 is 12.5. The zero-order valence-corrected chi connectivity index (χ0v) is 17.1. The second-order valence-electron chi connectivity index (χ2n) is 6.38. The monoisotopic (exact) mass is 408 g/mol. The lowest BCUT2D eigenvalue weighted by atomic mass is 10.2. The first-order valence-corrected chi connectivity index (χ1v) is 9.91. The third-order valence-electron chi connectivity index (χ3n) is 4.57. The first kappa shape index (κ1) is 19.1. The summed E-state index contributed by atoms with van der Waals surface area (Å²) in [5, 5.41) is 12.8. The lowest BCUT2D eigenvalue weighted by molar-refractivity contribution is -0.115. The van der Waals surface area contributed by atoms with Gasteiger partial charge in [0.15, 0.2) is 10.8 Å². The first-order chi connectivity index (χ1) is 14.1. The molecule has 2 aromatic heterocycles. The van der Waals surface area contributed by atoms with Crippen LogP contribution in [-0.2, 0) is 4.79 Å². The number of anilines is 1. The lowest BCUT2D eigenvalue weighted by Crippen LogP contribution is -2.23. The molecular formula is C21H20N4O3S. The SMILES string of the molecule is COc1ccc(NC(=O)C(C)Sc2nnc3ccc4ccccc4n23)c(OC)c1. The number of carbonyl (C=O) groups excluding carboxylic acids is 1. The Labute approximate surface area is 172 Å². The average molecular weight is 408 g/mol. The summed E-state index contributed by atoms with van der Waals surface area (Å²) in [4.78, 5) is 12.8. The van der Waals surface area contributed by atoms with Crippen molar-refractivity contribution in [3.8, 4) is 11.5 Å². The molecule has 2 aromatic carbocycles. The average Bonchev–Trinajstić information content (AvgIpc) is 3.17. The van der Waals surface area contributed by atoms with Crippen molar-refractivity contribution in [1.29, 1.82) is 0 Å². The summed E-state index contributed by atoms with van der Waals surface area (Å²) in [5.41, 5.74) is 2.33. The van der Waals surface area contributed by atoms with Gasteiger partial charge in [-0.2, -0.15) is 0 Å². The fraction of sp³-hybridized carbons (Fsp3) is 0.190. The minimum atomic E-state index is -0.395. The predicted octanol–water partition coefficient (Wildman–Crippen LogP) is 4.02. The van der Waals surface area contributed by atoms with Gasteiger partial charge >= 0.3 is 0 Å². The van der Waals surface area contributed by atoms with Crippen LogP contribution in [0.15, 0.2) is 59.8 Å². The van der Waals surface area contributed by atoms with Crippen LogP contribution in [0.1, 0.15) is 6.92 Å². The van der Waals surface area contributed by atoms with Crippen molar-refractivity contribution in [2.45, 2.75) is 17.3 Å². The van der Waals surface area contributed by atoms with E-state index in [9.17, 15) is 4.79 Å². The number of benzene rings is 2. The topological polar surface area (TPSA) is 77.8 Å². The lowest BCUT2D eigenvalue weighted by Gasteiger charge is -2.14. The molecule has 1 N–H and O–H groups in total. The summed E-state index contributed by atoms with van der Waals surface area (Å²) in [6.07, 6.45) is 0. The van der Waals surface area contributed by atoms with Crippen LogP contribution in [0.25, 0.3) is 16.6 Å². The van der Waals surface area contributed by atoms with Crippen LogP contribution in [0.5, 0.6) is 11.5 Å². The molecule has 8 heteroatoms. The molecule has 0 aliphatic heterocycles. The van der Waals surface area contributed by atoms with Crippen molar-refractivity contribution in [3.05, 3.63) is 54.6 Å². The summed E-state index contributed by atoms with van der Waals surface area (Å²) in [6, 6.07) is 17.2. The Morgan fingerprint density at radius 3 is 2.69 bits per heavy atom. The van der Waals surface area contributed by atoms with Gasteiger partial charge in [-0.1, -0.05) is 30.0 Å². The van der Waals surface area contributed by atoms with Gasteiger partial charge in [0.1, 0.15) is 11.5 Å². The fourth-order valence-corrected chi connectivity index (χ4v) is 3.90. The Bertz CT molecular complexity index is 1190. The molecule has 0 radical (unpaired) electrons. The number of pyridine rings is 1. The third-order valence-corrected chi connectivity index (χ3v) is 5.61. The van der Waals surface area contributed by atoms with E-state index in [2.05, 4.69) is 15.5 Å². The Hall–Kier alpha value is -3.26. The highest BCUT2D eigenvalue weighted by Crippen LogP contribution is 2.31. The zero-order chi connectivity index (χ0) is 20.4. The molecule has 148 valence electrons. The van der Waals surface area contributed by atoms with Crippen LogP contribution in [0.4, 0.5) is 5.69 Å². The molecule has 0 aliphatic carbocycles. The van der Waals surface area contributed by atoms with Crippen LogP contribution in [0, 0.1) is 0 Å². The van der Waals surface area contributed by atoms with Crippen molar-refractivity contribution in [3.63, 3.8) is 0 Å². The Balaban J connectivity index is 1.58. The molecule has 1 atom stereocenters. The molecule has 0 bridgehead atoms. The van der Waals surface area contributed by atoms with Gasteiger partial charge < -0.3 is 14.8 Å². The molecule has 0 fully saturated rings. The van der Waals surface area contributed by atoms with E-state index in [0.29, 0.717) is 22.3 Å². The molecule has 2 heterocycles. The molecule has 0 saturated carbocycles. The van der Waals surface area contributed by atoms with Gasteiger partial charge in [-0.15, -0.1) is 10.2 Å². The highest BCUT2D eigenvalue weighted by molar-refractivity contribution is 8.00. The maximum atomic E-state index is 12.8. The van der Waals surface area contributed by atoms with Crippen molar-refractivity contribution in [2.24, 2.45) is 0 Å². The molecule has 1 unspecified atom stereocenters. The number of fused-ring (bicyclic) bond motifs is 3. The van der Waals surface area contributed by atoms with Crippen molar-refractivity contribution < 1.29 is 14.3 Å². The number of methoxy groups -OCH3 is 2. The number of nitrogens with zero attached hydrogens (tertiary/aromatic N) is 3.